The predicted octanol–water partition coefficient (Wildman–Crippen LogP) is 3.14. The van der Waals surface area contributed by atoms with Gasteiger partial charge in [-0.1, -0.05) is 12.1 Å². The van der Waals surface area contributed by atoms with E-state index in [1.54, 1.807) is 18.2 Å². The summed E-state index contributed by atoms with van der Waals surface area (Å²) in [7, 11) is 1.46. The van der Waals surface area contributed by atoms with Gasteiger partial charge in [0.2, 0.25) is 0 Å². The van der Waals surface area contributed by atoms with Gasteiger partial charge in [0.25, 0.3) is 0 Å². The molecule has 0 aromatic heterocycles. The highest BCUT2D eigenvalue weighted by molar-refractivity contribution is 5.83. The summed E-state index contributed by atoms with van der Waals surface area (Å²) < 4.78 is 18.7. The van der Waals surface area contributed by atoms with Crippen LogP contribution in [0.5, 0.6) is 5.75 Å². The van der Waals surface area contributed by atoms with Gasteiger partial charge in [-0.3, -0.25) is 4.79 Å². The highest BCUT2D eigenvalue weighted by atomic mass is 19.1. The fourth-order valence-corrected chi connectivity index (χ4v) is 1.97. The molecule has 0 radical (unpaired) electrons. The van der Waals surface area contributed by atoms with Crippen LogP contribution in [-0.2, 0) is 11.2 Å². The topological polar surface area (TPSA) is 26.3 Å². The first-order chi connectivity index (χ1) is 8.22. The van der Waals surface area contributed by atoms with Crippen LogP contribution in [-0.4, -0.2) is 12.9 Å². The third kappa shape index (κ3) is 3.05. The molecule has 1 aromatic rings. The number of benzene rings is 1. The lowest BCUT2D eigenvalue weighted by Gasteiger charge is -2.06. The summed E-state index contributed by atoms with van der Waals surface area (Å²) in [6, 6.07) is 5.13. The molecule has 0 bridgehead atoms. The van der Waals surface area contributed by atoms with Gasteiger partial charge in [-0.2, -0.15) is 0 Å². The Kier molecular flexibility index (Phi) is 3.77. The maximum absolute atomic E-state index is 13.8. The number of Topliss-reactive ketones (excluding diaryl/α,β-unsaturated/α-hetero) is 1. The molecule has 0 spiro atoms. The van der Waals surface area contributed by atoms with Crippen molar-refractivity contribution in [2.75, 3.05) is 7.11 Å². The molecular weight excluding hydrogens is 219 g/mol. The average Bonchev–Trinajstić information content (AvgIpc) is 3.15. The number of carbonyl (C=O) groups is 1. The summed E-state index contributed by atoms with van der Waals surface area (Å²) in [5.74, 6) is 0.628. The Morgan fingerprint density at radius 2 is 2.24 bits per heavy atom. The van der Waals surface area contributed by atoms with Gasteiger partial charge in [0.1, 0.15) is 5.78 Å². The second kappa shape index (κ2) is 5.30. The Hall–Kier alpha value is -1.38. The summed E-state index contributed by atoms with van der Waals surface area (Å²) in [6.45, 7) is 0. The normalized spacial score (nSPS) is 14.7. The van der Waals surface area contributed by atoms with Crippen LogP contribution in [0, 0.1) is 11.7 Å². The second-order valence-electron chi connectivity index (χ2n) is 4.53. The standard InChI is InChI=1S/C14H17FO2/c1-17-13-7-3-5-11(14(13)15)4-2-6-12(16)10-8-9-10/h3,5,7,10H,2,4,6,8-9H2,1H3. The molecule has 0 atom stereocenters. The Morgan fingerprint density at radius 1 is 1.47 bits per heavy atom. The van der Waals surface area contributed by atoms with E-state index in [0.29, 0.717) is 30.1 Å². The molecule has 1 aromatic carbocycles. The third-order valence-electron chi connectivity index (χ3n) is 3.17. The number of halogens is 1. The molecule has 0 amide bonds. The quantitative estimate of drug-likeness (QED) is 0.758. The van der Waals surface area contributed by atoms with Crippen molar-refractivity contribution in [3.05, 3.63) is 29.6 Å². The van der Waals surface area contributed by atoms with Crippen LogP contribution < -0.4 is 4.74 Å². The van der Waals surface area contributed by atoms with Crippen LogP contribution in [0.2, 0.25) is 0 Å². The van der Waals surface area contributed by atoms with E-state index in [4.69, 9.17) is 4.74 Å². The van der Waals surface area contributed by atoms with Crippen molar-refractivity contribution in [2.45, 2.75) is 32.1 Å². The Bertz CT molecular complexity index is 411. The van der Waals surface area contributed by atoms with E-state index in [1.807, 2.05) is 0 Å². The van der Waals surface area contributed by atoms with Gasteiger partial charge in [0, 0.05) is 12.3 Å². The van der Waals surface area contributed by atoms with E-state index in [2.05, 4.69) is 0 Å². The maximum atomic E-state index is 13.8. The molecule has 2 nitrogen and oxygen atoms in total. The van der Waals surface area contributed by atoms with Gasteiger partial charge in [0.05, 0.1) is 7.11 Å². The summed E-state index contributed by atoms with van der Waals surface area (Å²) in [5, 5.41) is 0. The third-order valence-corrected chi connectivity index (χ3v) is 3.17. The number of ketones is 1. The smallest absolute Gasteiger partial charge is 0.168 e. The fourth-order valence-electron chi connectivity index (χ4n) is 1.97. The number of hydrogen-bond acceptors (Lipinski definition) is 2. The van der Waals surface area contributed by atoms with E-state index in [-0.39, 0.29) is 11.6 Å². The molecule has 0 heterocycles. The van der Waals surface area contributed by atoms with Crippen LogP contribution in [0.3, 0.4) is 0 Å². The molecule has 1 aliphatic carbocycles. The van der Waals surface area contributed by atoms with Crippen LogP contribution in [0.25, 0.3) is 0 Å². The van der Waals surface area contributed by atoms with Crippen molar-refractivity contribution in [1.29, 1.82) is 0 Å². The number of rotatable bonds is 6. The summed E-state index contributed by atoms with van der Waals surface area (Å²) >= 11 is 0. The van der Waals surface area contributed by atoms with Gasteiger partial charge in [-0.25, -0.2) is 4.39 Å². The first-order valence-corrected chi connectivity index (χ1v) is 6.06. The highest BCUT2D eigenvalue weighted by Crippen LogP contribution is 2.31. The van der Waals surface area contributed by atoms with Gasteiger partial charge >= 0.3 is 0 Å². The molecule has 0 N–H and O–H groups in total. The van der Waals surface area contributed by atoms with Crippen LogP contribution in [0.4, 0.5) is 4.39 Å². The van der Waals surface area contributed by atoms with Crippen molar-refractivity contribution >= 4 is 5.78 Å². The SMILES string of the molecule is COc1cccc(CCCC(=O)C2CC2)c1F. The lowest BCUT2D eigenvalue weighted by molar-refractivity contribution is -0.120. The molecule has 92 valence electrons. The number of carbonyl (C=O) groups excluding carboxylic acids is 1. The Morgan fingerprint density at radius 3 is 2.88 bits per heavy atom. The fraction of sp³-hybridized carbons (Fsp3) is 0.500. The molecule has 3 heteroatoms. The van der Waals surface area contributed by atoms with Gasteiger partial charge in [-0.05, 0) is 37.3 Å². The summed E-state index contributed by atoms with van der Waals surface area (Å²) in [5.41, 5.74) is 0.632. The van der Waals surface area contributed by atoms with Crippen molar-refractivity contribution in [3.8, 4) is 5.75 Å². The molecule has 0 saturated heterocycles. The highest BCUT2D eigenvalue weighted by Gasteiger charge is 2.28. The molecule has 1 aliphatic rings. The molecule has 17 heavy (non-hydrogen) atoms. The minimum atomic E-state index is -0.297. The first kappa shape index (κ1) is 12.1. The van der Waals surface area contributed by atoms with Crippen LogP contribution in [0.1, 0.15) is 31.2 Å². The molecule has 0 aliphatic heterocycles. The number of aryl methyl sites for hydroxylation is 1. The average molecular weight is 236 g/mol. The van der Waals surface area contributed by atoms with Crippen LogP contribution in [0.15, 0.2) is 18.2 Å². The second-order valence-corrected chi connectivity index (χ2v) is 4.53. The zero-order chi connectivity index (χ0) is 12.3. The van der Waals surface area contributed by atoms with E-state index >= 15 is 0 Å². The zero-order valence-electron chi connectivity index (χ0n) is 10.0. The predicted molar refractivity (Wildman–Crippen MR) is 63.6 cm³/mol. The first-order valence-electron chi connectivity index (χ1n) is 6.06. The number of methoxy groups -OCH3 is 1. The largest absolute Gasteiger partial charge is 0.494 e. The number of hydrogen-bond donors (Lipinski definition) is 0. The molecular formula is C14H17FO2. The summed E-state index contributed by atoms with van der Waals surface area (Å²) in [4.78, 5) is 11.5. The summed E-state index contributed by atoms with van der Waals surface area (Å²) in [6.07, 6.45) is 3.99. The minimum absolute atomic E-state index is 0.274. The molecule has 1 saturated carbocycles. The number of ether oxygens (including phenoxy) is 1. The van der Waals surface area contributed by atoms with Crippen molar-refractivity contribution in [1.82, 2.24) is 0 Å². The van der Waals surface area contributed by atoms with E-state index in [9.17, 15) is 9.18 Å². The van der Waals surface area contributed by atoms with Gasteiger partial charge in [-0.15, -0.1) is 0 Å². The van der Waals surface area contributed by atoms with E-state index in [1.165, 1.54) is 7.11 Å². The van der Waals surface area contributed by atoms with Crippen LogP contribution >= 0.6 is 0 Å². The zero-order valence-corrected chi connectivity index (χ0v) is 10.0. The molecule has 0 unspecified atom stereocenters. The van der Waals surface area contributed by atoms with E-state index < -0.39 is 0 Å². The van der Waals surface area contributed by atoms with Crippen molar-refractivity contribution < 1.29 is 13.9 Å². The molecule has 2 rings (SSSR count). The maximum Gasteiger partial charge on any atom is 0.168 e. The van der Waals surface area contributed by atoms with Crippen molar-refractivity contribution in [3.63, 3.8) is 0 Å². The van der Waals surface area contributed by atoms with Gasteiger partial charge < -0.3 is 4.74 Å². The molecule has 1 fully saturated rings. The Labute approximate surface area is 101 Å². The van der Waals surface area contributed by atoms with Gasteiger partial charge in [0.15, 0.2) is 11.6 Å². The lowest BCUT2D eigenvalue weighted by Crippen LogP contribution is -2.02. The monoisotopic (exact) mass is 236 g/mol. The minimum Gasteiger partial charge on any atom is -0.494 e. The lowest BCUT2D eigenvalue weighted by atomic mass is 10.0. The van der Waals surface area contributed by atoms with E-state index in [0.717, 1.165) is 19.3 Å². The Balaban J connectivity index is 1.87. The van der Waals surface area contributed by atoms with Crippen molar-refractivity contribution in [2.24, 2.45) is 5.92 Å².